The van der Waals surface area contributed by atoms with Gasteiger partial charge in [0.1, 0.15) is 5.75 Å². The van der Waals surface area contributed by atoms with E-state index >= 15 is 0 Å². The molecule has 0 bridgehead atoms. The summed E-state index contributed by atoms with van der Waals surface area (Å²) >= 11 is 0. The molecule has 0 aliphatic carbocycles. The number of hydrogen-bond donors (Lipinski definition) is 1. The summed E-state index contributed by atoms with van der Waals surface area (Å²) in [4.78, 5) is 27.3. The average molecular weight is 390 g/mol. The molecule has 3 rings (SSSR count). The van der Waals surface area contributed by atoms with Gasteiger partial charge in [0.2, 0.25) is 5.90 Å². The molecule has 1 aliphatic heterocycles. The fourth-order valence-corrected chi connectivity index (χ4v) is 2.41. The first-order valence-electron chi connectivity index (χ1n) is 7.92. The third-order valence-corrected chi connectivity index (χ3v) is 3.66. The van der Waals surface area contributed by atoms with Crippen molar-refractivity contribution in [1.82, 2.24) is 0 Å². The quantitative estimate of drug-likeness (QED) is 0.640. The summed E-state index contributed by atoms with van der Waals surface area (Å²) in [6.07, 6.45) is -3.66. The number of methoxy groups -OCH3 is 1. The second-order valence-electron chi connectivity index (χ2n) is 5.61. The highest BCUT2D eigenvalue weighted by atomic mass is 19.4. The SMILES string of the molecule is COc1ccccc1C1=N/C(=C\c2cccc(NC(=O)C(F)(F)F)c2)C(=O)O1. The van der Waals surface area contributed by atoms with Crippen LogP contribution in [0.3, 0.4) is 0 Å². The van der Waals surface area contributed by atoms with E-state index in [9.17, 15) is 22.8 Å². The van der Waals surface area contributed by atoms with Gasteiger partial charge in [0, 0.05) is 5.69 Å². The number of hydrogen-bond acceptors (Lipinski definition) is 5. The van der Waals surface area contributed by atoms with E-state index in [0.29, 0.717) is 16.9 Å². The van der Waals surface area contributed by atoms with Gasteiger partial charge in [0.05, 0.1) is 12.7 Å². The lowest BCUT2D eigenvalue weighted by Crippen LogP contribution is -2.29. The summed E-state index contributed by atoms with van der Waals surface area (Å²) in [7, 11) is 1.47. The third-order valence-electron chi connectivity index (χ3n) is 3.66. The van der Waals surface area contributed by atoms with E-state index in [0.717, 1.165) is 0 Å². The maximum Gasteiger partial charge on any atom is 0.471 e. The van der Waals surface area contributed by atoms with Crippen molar-refractivity contribution in [3.63, 3.8) is 0 Å². The minimum Gasteiger partial charge on any atom is -0.496 e. The lowest BCUT2D eigenvalue weighted by Gasteiger charge is -2.08. The smallest absolute Gasteiger partial charge is 0.471 e. The number of aliphatic imine (C=N–C) groups is 1. The molecule has 0 atom stereocenters. The Bertz CT molecular complexity index is 997. The molecule has 9 heteroatoms. The second-order valence-corrected chi connectivity index (χ2v) is 5.61. The van der Waals surface area contributed by atoms with Crippen LogP contribution in [0.4, 0.5) is 18.9 Å². The van der Waals surface area contributed by atoms with Crippen LogP contribution in [0.5, 0.6) is 5.75 Å². The Morgan fingerprint density at radius 2 is 1.93 bits per heavy atom. The van der Waals surface area contributed by atoms with Crippen molar-refractivity contribution in [3.8, 4) is 5.75 Å². The number of anilines is 1. The predicted octanol–water partition coefficient (Wildman–Crippen LogP) is 3.54. The van der Waals surface area contributed by atoms with Crippen LogP contribution in [-0.4, -0.2) is 31.1 Å². The highest BCUT2D eigenvalue weighted by molar-refractivity contribution is 6.13. The van der Waals surface area contributed by atoms with Gasteiger partial charge in [0.25, 0.3) is 0 Å². The zero-order valence-corrected chi connectivity index (χ0v) is 14.4. The van der Waals surface area contributed by atoms with Crippen LogP contribution in [0.2, 0.25) is 0 Å². The zero-order chi connectivity index (χ0) is 20.3. The molecule has 0 aromatic heterocycles. The van der Waals surface area contributed by atoms with E-state index in [4.69, 9.17) is 9.47 Å². The normalized spacial score (nSPS) is 15.2. The number of amides is 1. The Labute approximate surface area is 157 Å². The average Bonchev–Trinajstić information content (AvgIpc) is 3.01. The predicted molar refractivity (Wildman–Crippen MR) is 94.7 cm³/mol. The van der Waals surface area contributed by atoms with Gasteiger partial charge < -0.3 is 14.8 Å². The molecule has 1 heterocycles. The second kappa shape index (κ2) is 7.55. The van der Waals surface area contributed by atoms with Crippen molar-refractivity contribution < 1.29 is 32.2 Å². The van der Waals surface area contributed by atoms with E-state index in [1.54, 1.807) is 35.6 Å². The minimum absolute atomic E-state index is 0.0415. The number of carbonyl (C=O) groups is 2. The summed E-state index contributed by atoms with van der Waals surface area (Å²) in [5, 5.41) is 1.75. The largest absolute Gasteiger partial charge is 0.496 e. The first-order valence-corrected chi connectivity index (χ1v) is 7.92. The van der Waals surface area contributed by atoms with Crippen molar-refractivity contribution >= 4 is 29.5 Å². The molecule has 144 valence electrons. The summed E-state index contributed by atoms with van der Waals surface area (Å²) in [5.74, 6) is -2.29. The highest BCUT2D eigenvalue weighted by Crippen LogP contribution is 2.25. The van der Waals surface area contributed by atoms with Crippen LogP contribution in [0.1, 0.15) is 11.1 Å². The van der Waals surface area contributed by atoms with E-state index in [1.165, 1.54) is 31.4 Å². The van der Waals surface area contributed by atoms with E-state index in [1.807, 2.05) is 0 Å². The number of nitrogens with zero attached hydrogens (tertiary/aromatic N) is 1. The van der Waals surface area contributed by atoms with Crippen molar-refractivity contribution in [2.75, 3.05) is 12.4 Å². The summed E-state index contributed by atoms with van der Waals surface area (Å²) in [6, 6.07) is 12.4. The van der Waals surface area contributed by atoms with E-state index in [-0.39, 0.29) is 17.3 Å². The fraction of sp³-hybridized carbons (Fsp3) is 0.105. The molecule has 0 spiro atoms. The number of para-hydroxylation sites is 1. The lowest BCUT2D eigenvalue weighted by atomic mass is 10.1. The van der Waals surface area contributed by atoms with Gasteiger partial charge in [-0.25, -0.2) is 9.79 Å². The number of nitrogens with one attached hydrogen (secondary N) is 1. The maximum atomic E-state index is 12.4. The first kappa shape index (κ1) is 19.2. The topological polar surface area (TPSA) is 77.0 Å². The molecule has 0 saturated carbocycles. The number of cyclic esters (lactones) is 1. The molecule has 1 aliphatic rings. The minimum atomic E-state index is -5.00. The van der Waals surface area contributed by atoms with Crippen molar-refractivity contribution in [3.05, 3.63) is 65.4 Å². The Hall–Kier alpha value is -3.62. The standard InChI is InChI=1S/C19H13F3N2O4/c1-27-15-8-3-2-7-13(15)16-24-14(17(25)28-16)10-11-5-4-6-12(9-11)23-18(26)19(20,21)22/h2-10H,1H3,(H,23,26)/b14-10-. The van der Waals surface area contributed by atoms with Gasteiger partial charge in [-0.1, -0.05) is 24.3 Å². The number of benzene rings is 2. The molecular formula is C19H13F3N2O4. The fourth-order valence-electron chi connectivity index (χ4n) is 2.41. The molecule has 1 N–H and O–H groups in total. The van der Waals surface area contributed by atoms with Crippen LogP contribution >= 0.6 is 0 Å². The monoisotopic (exact) mass is 390 g/mol. The van der Waals surface area contributed by atoms with Crippen molar-refractivity contribution in [1.29, 1.82) is 0 Å². The zero-order valence-electron chi connectivity index (χ0n) is 14.4. The highest BCUT2D eigenvalue weighted by Gasteiger charge is 2.38. The molecule has 0 saturated heterocycles. The van der Waals surface area contributed by atoms with Gasteiger partial charge in [-0.3, -0.25) is 4.79 Å². The summed E-state index contributed by atoms with van der Waals surface area (Å²) < 4.78 is 47.5. The maximum absolute atomic E-state index is 12.4. The third kappa shape index (κ3) is 4.20. The molecule has 0 fully saturated rings. The molecule has 0 radical (unpaired) electrons. The Morgan fingerprint density at radius 3 is 2.64 bits per heavy atom. The van der Waals surface area contributed by atoms with Gasteiger partial charge >= 0.3 is 18.1 Å². The van der Waals surface area contributed by atoms with Crippen molar-refractivity contribution in [2.45, 2.75) is 6.18 Å². The number of ether oxygens (including phenoxy) is 2. The molecule has 0 unspecified atom stereocenters. The number of rotatable bonds is 4. The van der Waals surface area contributed by atoms with Gasteiger partial charge in [0.15, 0.2) is 5.70 Å². The van der Waals surface area contributed by atoms with Crippen LogP contribution < -0.4 is 10.1 Å². The molecule has 2 aromatic carbocycles. The van der Waals surface area contributed by atoms with Gasteiger partial charge in [-0.05, 0) is 35.9 Å². The van der Waals surface area contributed by atoms with Crippen LogP contribution in [-0.2, 0) is 14.3 Å². The summed E-state index contributed by atoms with van der Waals surface area (Å²) in [5.41, 5.74) is 0.724. The number of esters is 1. The number of halogens is 3. The molecule has 28 heavy (non-hydrogen) atoms. The van der Waals surface area contributed by atoms with Crippen molar-refractivity contribution in [2.24, 2.45) is 4.99 Å². The summed E-state index contributed by atoms with van der Waals surface area (Å²) in [6.45, 7) is 0. The van der Waals surface area contributed by atoms with Crippen LogP contribution in [0.25, 0.3) is 6.08 Å². The Morgan fingerprint density at radius 1 is 1.18 bits per heavy atom. The van der Waals surface area contributed by atoms with Crippen LogP contribution in [0, 0.1) is 0 Å². The molecule has 2 aromatic rings. The molecule has 1 amide bonds. The van der Waals surface area contributed by atoms with Gasteiger partial charge in [-0.15, -0.1) is 0 Å². The Balaban J connectivity index is 1.87. The molecule has 6 nitrogen and oxygen atoms in total. The molecular weight excluding hydrogens is 377 g/mol. The van der Waals surface area contributed by atoms with E-state index < -0.39 is 18.1 Å². The first-order chi connectivity index (χ1) is 13.3. The van der Waals surface area contributed by atoms with Crippen LogP contribution in [0.15, 0.2) is 59.2 Å². The Kier molecular flexibility index (Phi) is 5.16. The van der Waals surface area contributed by atoms with E-state index in [2.05, 4.69) is 4.99 Å². The lowest BCUT2D eigenvalue weighted by molar-refractivity contribution is -0.167. The van der Waals surface area contributed by atoms with Gasteiger partial charge in [-0.2, -0.15) is 13.2 Å². The number of carbonyl (C=O) groups excluding carboxylic acids is 2. The number of alkyl halides is 3.